The van der Waals surface area contributed by atoms with Crippen LogP contribution >= 0.6 is 0 Å². The fourth-order valence-electron chi connectivity index (χ4n) is 4.58. The Bertz CT molecular complexity index is 1280. The van der Waals surface area contributed by atoms with Crippen LogP contribution < -0.4 is 4.57 Å². The third-order valence-electron chi connectivity index (χ3n) is 5.78. The molecule has 2 heteroatoms. The Morgan fingerprint density at radius 2 is 1.92 bits per heavy atom. The summed E-state index contributed by atoms with van der Waals surface area (Å²) in [5, 5.41) is 2.75. The second-order valence-electron chi connectivity index (χ2n) is 7.22. The van der Waals surface area contributed by atoms with Crippen molar-refractivity contribution in [1.82, 2.24) is 4.57 Å². The molecule has 2 nitrogen and oxygen atoms in total. The van der Waals surface area contributed by atoms with Crippen LogP contribution in [-0.2, 0) is 13.5 Å². The fraction of sp³-hybridized carbons (Fsp3) is 0.125. The van der Waals surface area contributed by atoms with Crippen molar-refractivity contribution < 1.29 is 4.57 Å². The van der Waals surface area contributed by atoms with E-state index in [4.69, 9.17) is 0 Å². The Morgan fingerprint density at radius 3 is 2.88 bits per heavy atom. The van der Waals surface area contributed by atoms with Crippen LogP contribution in [0.25, 0.3) is 39.1 Å². The maximum atomic E-state index is 3.49. The second kappa shape index (κ2) is 4.95. The molecule has 1 heterocycles. The minimum absolute atomic E-state index is 1.03. The summed E-state index contributed by atoms with van der Waals surface area (Å²) in [6, 6.07) is 17.6. The summed E-state index contributed by atoms with van der Waals surface area (Å²) in [7, 11) is 2.06. The maximum Gasteiger partial charge on any atom is 0.244 e. The highest BCUT2D eigenvalue weighted by Gasteiger charge is 2.21. The van der Waals surface area contributed by atoms with E-state index in [9.17, 15) is 0 Å². The normalized spacial score (nSPS) is 14.9. The van der Waals surface area contributed by atoms with Crippen LogP contribution in [0.3, 0.4) is 0 Å². The summed E-state index contributed by atoms with van der Waals surface area (Å²) in [4.78, 5) is 0. The molecule has 0 amide bonds. The minimum Gasteiger partial charge on any atom is -0.319 e. The molecule has 0 saturated carbocycles. The number of hydrogen-bond donors (Lipinski definition) is 0. The Morgan fingerprint density at radius 1 is 1.00 bits per heavy atom. The number of hydrogen-bond acceptors (Lipinski definition) is 0. The van der Waals surface area contributed by atoms with Gasteiger partial charge in [-0.25, -0.2) is 0 Å². The van der Waals surface area contributed by atoms with E-state index in [2.05, 4.69) is 89.3 Å². The predicted molar refractivity (Wildman–Crippen MR) is 106 cm³/mol. The standard InChI is InChI=1S/C24H18N2/c1-25-15-26(22-8-3-2-7-21(22)25)20-14-12-18-10-9-16-5-4-6-17-11-13-19(20)24(18)23(16)17/h2-4,6-9,11-14H,5,10H2,1H3. The lowest BCUT2D eigenvalue weighted by atomic mass is 9.81. The summed E-state index contributed by atoms with van der Waals surface area (Å²) in [5.41, 5.74) is 9.28. The number of nitrogens with zero attached hydrogens (tertiary/aromatic N) is 2. The van der Waals surface area contributed by atoms with E-state index in [1.54, 1.807) is 0 Å². The molecule has 1 aromatic heterocycles. The van der Waals surface area contributed by atoms with Gasteiger partial charge in [0.15, 0.2) is 0 Å². The number of benzene rings is 3. The molecule has 6 rings (SSSR count). The van der Waals surface area contributed by atoms with Crippen LogP contribution in [0.15, 0.2) is 60.7 Å². The third-order valence-corrected chi connectivity index (χ3v) is 5.78. The Balaban J connectivity index is 1.75. The van der Waals surface area contributed by atoms with Gasteiger partial charge in [-0.15, -0.1) is 0 Å². The van der Waals surface area contributed by atoms with Crippen LogP contribution in [0, 0.1) is 6.33 Å². The van der Waals surface area contributed by atoms with E-state index in [0.29, 0.717) is 0 Å². The van der Waals surface area contributed by atoms with Crippen molar-refractivity contribution >= 4 is 33.5 Å². The van der Waals surface area contributed by atoms with Crippen molar-refractivity contribution in [3.63, 3.8) is 0 Å². The topological polar surface area (TPSA) is 8.81 Å². The lowest BCUT2D eigenvalue weighted by Crippen LogP contribution is -2.26. The number of imidazole rings is 1. The molecule has 26 heavy (non-hydrogen) atoms. The summed E-state index contributed by atoms with van der Waals surface area (Å²) in [6.45, 7) is 0. The molecule has 4 aromatic rings. The van der Waals surface area contributed by atoms with E-state index in [1.165, 1.54) is 49.8 Å². The van der Waals surface area contributed by atoms with Crippen molar-refractivity contribution in [3.8, 4) is 5.69 Å². The molecule has 124 valence electrons. The predicted octanol–water partition coefficient (Wildman–Crippen LogP) is 4.76. The number of rotatable bonds is 1. The summed E-state index contributed by atoms with van der Waals surface area (Å²) in [6.07, 6.45) is 12.5. The summed E-state index contributed by atoms with van der Waals surface area (Å²) < 4.78 is 4.28. The van der Waals surface area contributed by atoms with Gasteiger partial charge in [-0.05, 0) is 45.9 Å². The highest BCUT2D eigenvalue weighted by Crippen LogP contribution is 2.42. The third kappa shape index (κ3) is 1.74. The number of para-hydroxylation sites is 2. The summed E-state index contributed by atoms with van der Waals surface area (Å²) in [5.74, 6) is 0. The van der Waals surface area contributed by atoms with Crippen molar-refractivity contribution in [1.29, 1.82) is 0 Å². The smallest absolute Gasteiger partial charge is 0.244 e. The first-order chi connectivity index (χ1) is 12.8. The van der Waals surface area contributed by atoms with Gasteiger partial charge in [0.05, 0.1) is 23.8 Å². The molecule has 0 atom stereocenters. The molecule has 0 radical (unpaired) electrons. The molecule has 0 saturated heterocycles. The molecule has 0 unspecified atom stereocenters. The Hall–Kier alpha value is -3.13. The van der Waals surface area contributed by atoms with Gasteiger partial charge >= 0.3 is 0 Å². The van der Waals surface area contributed by atoms with E-state index >= 15 is 0 Å². The van der Waals surface area contributed by atoms with Gasteiger partial charge in [0.2, 0.25) is 6.33 Å². The Kier molecular flexibility index (Phi) is 2.68. The average molecular weight is 334 g/mol. The van der Waals surface area contributed by atoms with Gasteiger partial charge in [0.1, 0.15) is 0 Å². The molecule has 2 aliphatic rings. The monoisotopic (exact) mass is 334 g/mol. The first kappa shape index (κ1) is 14.1. The van der Waals surface area contributed by atoms with Crippen LogP contribution in [0.1, 0.15) is 23.1 Å². The van der Waals surface area contributed by atoms with Crippen LogP contribution in [-0.4, -0.2) is 4.57 Å². The zero-order valence-electron chi connectivity index (χ0n) is 14.7. The molecule has 3 aromatic carbocycles. The average Bonchev–Trinajstić information content (AvgIpc) is 3.03. The first-order valence-corrected chi connectivity index (χ1v) is 9.15. The largest absolute Gasteiger partial charge is 0.319 e. The van der Waals surface area contributed by atoms with Crippen LogP contribution in [0.2, 0.25) is 0 Å². The van der Waals surface area contributed by atoms with Gasteiger partial charge in [-0.3, -0.25) is 0 Å². The van der Waals surface area contributed by atoms with Crippen LogP contribution in [0.4, 0.5) is 0 Å². The van der Waals surface area contributed by atoms with Gasteiger partial charge in [0, 0.05) is 0 Å². The van der Waals surface area contributed by atoms with E-state index in [1.807, 2.05) is 0 Å². The van der Waals surface area contributed by atoms with E-state index in [-0.39, 0.29) is 0 Å². The highest BCUT2D eigenvalue weighted by molar-refractivity contribution is 6.06. The lowest BCUT2D eigenvalue weighted by molar-refractivity contribution is -0.649. The number of aromatic nitrogens is 2. The van der Waals surface area contributed by atoms with Gasteiger partial charge in [0.25, 0.3) is 0 Å². The molecule has 2 aliphatic carbocycles. The maximum absolute atomic E-state index is 3.49. The molecule has 0 N–H and O–H groups in total. The van der Waals surface area contributed by atoms with Crippen molar-refractivity contribution in [2.24, 2.45) is 7.05 Å². The van der Waals surface area contributed by atoms with Crippen molar-refractivity contribution in [3.05, 3.63) is 83.7 Å². The zero-order chi connectivity index (χ0) is 17.3. The molecule has 0 aliphatic heterocycles. The van der Waals surface area contributed by atoms with E-state index < -0.39 is 0 Å². The highest BCUT2D eigenvalue weighted by atomic mass is 15.1. The molecular formula is C24H18N2. The lowest BCUT2D eigenvalue weighted by Gasteiger charge is -2.25. The van der Waals surface area contributed by atoms with Crippen molar-refractivity contribution in [2.75, 3.05) is 0 Å². The fourth-order valence-corrected chi connectivity index (χ4v) is 4.58. The zero-order valence-corrected chi connectivity index (χ0v) is 14.7. The number of aryl methyl sites for hydroxylation is 1. The minimum atomic E-state index is 1.03. The SMILES string of the molecule is C[n+]1[c-]n(-c2ccc3c4c5c(ccc24)C=CCC5=CC3)c2ccccc21. The van der Waals surface area contributed by atoms with Gasteiger partial charge in [-0.1, -0.05) is 66.8 Å². The quantitative estimate of drug-likeness (QED) is 0.350. The van der Waals surface area contributed by atoms with Crippen molar-refractivity contribution in [2.45, 2.75) is 12.8 Å². The van der Waals surface area contributed by atoms with Gasteiger partial charge in [-0.2, -0.15) is 0 Å². The Labute approximate surface area is 152 Å². The summed E-state index contributed by atoms with van der Waals surface area (Å²) >= 11 is 0. The van der Waals surface area contributed by atoms with Gasteiger partial charge < -0.3 is 9.13 Å². The van der Waals surface area contributed by atoms with E-state index in [0.717, 1.165) is 12.8 Å². The second-order valence-corrected chi connectivity index (χ2v) is 7.22. The molecular weight excluding hydrogens is 316 g/mol. The first-order valence-electron chi connectivity index (χ1n) is 9.15. The number of allylic oxidation sites excluding steroid dienone is 3. The van der Waals surface area contributed by atoms with Crippen LogP contribution in [0.5, 0.6) is 0 Å². The molecule has 0 bridgehead atoms. The molecule has 0 fully saturated rings. The number of fused-ring (bicyclic) bond motifs is 1. The molecule has 0 spiro atoms.